The highest BCUT2D eigenvalue weighted by Gasteiger charge is 2.14. The minimum Gasteiger partial charge on any atom is -0.434 e. The summed E-state index contributed by atoms with van der Waals surface area (Å²) in [5.74, 6) is -3.05. The average molecular weight is 279 g/mol. The van der Waals surface area contributed by atoms with Crippen molar-refractivity contribution in [1.82, 2.24) is 4.98 Å². The van der Waals surface area contributed by atoms with Gasteiger partial charge in [0.05, 0.1) is 5.69 Å². The van der Waals surface area contributed by atoms with Crippen LogP contribution in [0.1, 0.15) is 6.92 Å². The molecule has 1 aromatic carbocycles. The molecule has 2 rings (SSSR count). The molecule has 0 radical (unpaired) electrons. The number of carbonyl (C=O) groups excluding carboxylic acids is 1. The molecule has 0 spiro atoms. The van der Waals surface area contributed by atoms with Gasteiger partial charge in [0, 0.05) is 13.0 Å². The van der Waals surface area contributed by atoms with Crippen LogP contribution < -0.4 is 15.8 Å². The molecule has 1 aromatic heterocycles. The van der Waals surface area contributed by atoms with Gasteiger partial charge in [-0.15, -0.1) is 0 Å². The summed E-state index contributed by atoms with van der Waals surface area (Å²) in [5, 5.41) is 2.52. The van der Waals surface area contributed by atoms with Crippen molar-refractivity contribution >= 4 is 17.4 Å². The SMILES string of the molecule is CC(=O)Nc1ccccc1Oc1nc(N)c(F)cc1F. The Bertz CT molecular complexity index is 662. The monoisotopic (exact) mass is 279 g/mol. The molecule has 3 N–H and O–H groups in total. The average Bonchev–Trinajstić information content (AvgIpc) is 2.37. The molecule has 0 atom stereocenters. The zero-order chi connectivity index (χ0) is 14.7. The molecular formula is C13H11F2N3O2. The Morgan fingerprint density at radius 3 is 2.70 bits per heavy atom. The van der Waals surface area contributed by atoms with Crippen molar-refractivity contribution in [2.24, 2.45) is 0 Å². The lowest BCUT2D eigenvalue weighted by Crippen LogP contribution is -2.07. The van der Waals surface area contributed by atoms with E-state index in [1.165, 1.54) is 13.0 Å². The van der Waals surface area contributed by atoms with Gasteiger partial charge in [-0.2, -0.15) is 4.98 Å². The Hall–Kier alpha value is -2.70. The number of ether oxygens (including phenoxy) is 1. The fourth-order valence-corrected chi connectivity index (χ4v) is 1.49. The zero-order valence-electron chi connectivity index (χ0n) is 10.5. The largest absolute Gasteiger partial charge is 0.434 e. The molecule has 0 saturated carbocycles. The molecule has 1 heterocycles. The van der Waals surface area contributed by atoms with E-state index in [4.69, 9.17) is 10.5 Å². The number of nitrogens with two attached hydrogens (primary N) is 1. The summed E-state index contributed by atoms with van der Waals surface area (Å²) < 4.78 is 31.8. The zero-order valence-corrected chi connectivity index (χ0v) is 10.5. The Kier molecular flexibility index (Phi) is 3.79. The third kappa shape index (κ3) is 3.00. The molecule has 20 heavy (non-hydrogen) atoms. The predicted molar refractivity (Wildman–Crippen MR) is 69.4 cm³/mol. The molecule has 7 heteroatoms. The number of rotatable bonds is 3. The molecule has 0 fully saturated rings. The third-order valence-electron chi connectivity index (χ3n) is 2.33. The van der Waals surface area contributed by atoms with E-state index in [2.05, 4.69) is 10.3 Å². The Morgan fingerprint density at radius 1 is 1.30 bits per heavy atom. The predicted octanol–water partition coefficient (Wildman–Crippen LogP) is 2.69. The van der Waals surface area contributed by atoms with Crippen LogP contribution in [-0.2, 0) is 4.79 Å². The van der Waals surface area contributed by atoms with Gasteiger partial charge in [0.25, 0.3) is 5.88 Å². The third-order valence-corrected chi connectivity index (χ3v) is 2.33. The molecule has 0 aliphatic carbocycles. The molecular weight excluding hydrogens is 268 g/mol. The molecule has 104 valence electrons. The fourth-order valence-electron chi connectivity index (χ4n) is 1.49. The summed E-state index contributed by atoms with van der Waals surface area (Å²) in [5.41, 5.74) is 5.60. The van der Waals surface area contributed by atoms with Gasteiger partial charge in [-0.05, 0) is 12.1 Å². The van der Waals surface area contributed by atoms with Crippen LogP contribution in [0.25, 0.3) is 0 Å². The van der Waals surface area contributed by atoms with Crippen molar-refractivity contribution in [3.63, 3.8) is 0 Å². The smallest absolute Gasteiger partial charge is 0.258 e. The lowest BCUT2D eigenvalue weighted by atomic mass is 10.3. The molecule has 0 aliphatic heterocycles. The lowest BCUT2D eigenvalue weighted by Gasteiger charge is -2.11. The summed E-state index contributed by atoms with van der Waals surface area (Å²) in [7, 11) is 0. The second kappa shape index (κ2) is 5.52. The highest BCUT2D eigenvalue weighted by Crippen LogP contribution is 2.30. The quantitative estimate of drug-likeness (QED) is 0.905. The molecule has 0 saturated heterocycles. The number of amides is 1. The fraction of sp³-hybridized carbons (Fsp3) is 0.0769. The number of hydrogen-bond donors (Lipinski definition) is 2. The number of hydrogen-bond acceptors (Lipinski definition) is 4. The van der Waals surface area contributed by atoms with E-state index in [0.29, 0.717) is 11.8 Å². The first-order valence-corrected chi connectivity index (χ1v) is 5.63. The van der Waals surface area contributed by atoms with E-state index in [1.54, 1.807) is 18.2 Å². The summed E-state index contributed by atoms with van der Waals surface area (Å²) in [6, 6.07) is 6.96. The number of carbonyl (C=O) groups is 1. The minimum atomic E-state index is -0.991. The van der Waals surface area contributed by atoms with E-state index >= 15 is 0 Å². The van der Waals surface area contributed by atoms with E-state index < -0.39 is 23.3 Å². The number of nitrogens with one attached hydrogen (secondary N) is 1. The van der Waals surface area contributed by atoms with Gasteiger partial charge in [-0.3, -0.25) is 4.79 Å². The van der Waals surface area contributed by atoms with E-state index in [1.807, 2.05) is 0 Å². The highest BCUT2D eigenvalue weighted by molar-refractivity contribution is 5.90. The number of para-hydroxylation sites is 2. The summed E-state index contributed by atoms with van der Waals surface area (Å²) in [6.45, 7) is 1.32. The first-order valence-electron chi connectivity index (χ1n) is 5.63. The van der Waals surface area contributed by atoms with Crippen molar-refractivity contribution in [3.05, 3.63) is 42.0 Å². The van der Waals surface area contributed by atoms with E-state index in [9.17, 15) is 13.6 Å². The normalized spacial score (nSPS) is 10.2. The van der Waals surface area contributed by atoms with Gasteiger partial charge in [0.15, 0.2) is 23.2 Å². The van der Waals surface area contributed by atoms with Gasteiger partial charge < -0.3 is 15.8 Å². The summed E-state index contributed by atoms with van der Waals surface area (Å²) >= 11 is 0. The Morgan fingerprint density at radius 2 is 2.00 bits per heavy atom. The van der Waals surface area contributed by atoms with Crippen LogP contribution >= 0.6 is 0 Å². The second-order valence-corrected chi connectivity index (χ2v) is 3.92. The molecule has 0 bridgehead atoms. The van der Waals surface area contributed by atoms with Gasteiger partial charge in [-0.1, -0.05) is 12.1 Å². The van der Waals surface area contributed by atoms with E-state index in [0.717, 1.165) is 0 Å². The first kappa shape index (κ1) is 13.7. The maximum atomic E-state index is 13.5. The first-order chi connectivity index (χ1) is 9.47. The Labute approximate surface area is 113 Å². The van der Waals surface area contributed by atoms with Crippen LogP contribution in [0.4, 0.5) is 20.3 Å². The van der Waals surface area contributed by atoms with Crippen LogP contribution in [0.5, 0.6) is 11.6 Å². The van der Waals surface area contributed by atoms with Crippen molar-refractivity contribution in [2.45, 2.75) is 6.92 Å². The van der Waals surface area contributed by atoms with Gasteiger partial charge >= 0.3 is 0 Å². The van der Waals surface area contributed by atoms with Crippen LogP contribution in [-0.4, -0.2) is 10.9 Å². The van der Waals surface area contributed by atoms with Crippen molar-refractivity contribution < 1.29 is 18.3 Å². The number of nitrogens with zero attached hydrogens (tertiary/aromatic N) is 1. The number of benzene rings is 1. The van der Waals surface area contributed by atoms with Gasteiger partial charge in [0.1, 0.15) is 0 Å². The molecule has 0 unspecified atom stereocenters. The molecule has 2 aromatic rings. The number of aromatic nitrogens is 1. The minimum absolute atomic E-state index is 0.167. The van der Waals surface area contributed by atoms with E-state index in [-0.39, 0.29) is 11.7 Å². The number of nitrogen functional groups attached to an aromatic ring is 1. The van der Waals surface area contributed by atoms with Gasteiger partial charge in [0.2, 0.25) is 5.91 Å². The van der Waals surface area contributed by atoms with Crippen LogP contribution in [0.2, 0.25) is 0 Å². The van der Waals surface area contributed by atoms with Crippen LogP contribution in [0.3, 0.4) is 0 Å². The van der Waals surface area contributed by atoms with Crippen molar-refractivity contribution in [2.75, 3.05) is 11.1 Å². The number of pyridine rings is 1. The van der Waals surface area contributed by atoms with Crippen molar-refractivity contribution in [1.29, 1.82) is 0 Å². The second-order valence-electron chi connectivity index (χ2n) is 3.92. The number of anilines is 2. The van der Waals surface area contributed by atoms with Crippen LogP contribution in [0, 0.1) is 11.6 Å². The summed E-state index contributed by atoms with van der Waals surface area (Å²) in [4.78, 5) is 14.5. The summed E-state index contributed by atoms with van der Waals surface area (Å²) in [6.07, 6.45) is 0. The molecule has 1 amide bonds. The van der Waals surface area contributed by atoms with Crippen molar-refractivity contribution in [3.8, 4) is 11.6 Å². The van der Waals surface area contributed by atoms with Gasteiger partial charge in [-0.25, -0.2) is 8.78 Å². The number of halogens is 2. The standard InChI is InChI=1S/C13H11F2N3O2/c1-7(19)17-10-4-2-3-5-11(10)20-13-9(15)6-8(14)12(16)18-13/h2-6H,1H3,(H2,16,18)(H,17,19). The Balaban J connectivity index is 2.35. The highest BCUT2D eigenvalue weighted by atomic mass is 19.1. The molecule has 0 aliphatic rings. The lowest BCUT2D eigenvalue weighted by molar-refractivity contribution is -0.114. The molecule has 5 nitrogen and oxygen atoms in total. The topological polar surface area (TPSA) is 77.2 Å². The van der Waals surface area contributed by atoms with Crippen LogP contribution in [0.15, 0.2) is 30.3 Å². The maximum Gasteiger partial charge on any atom is 0.258 e. The maximum absolute atomic E-state index is 13.5.